The molecule has 0 bridgehead atoms. The van der Waals surface area contributed by atoms with Gasteiger partial charge in [-0.15, -0.1) is 0 Å². The highest BCUT2D eigenvalue weighted by Gasteiger charge is 2.38. The van der Waals surface area contributed by atoms with Gasteiger partial charge in [-0.05, 0) is 12.8 Å². The first-order chi connectivity index (χ1) is 10.7. The fourth-order valence-electron chi connectivity index (χ4n) is 1.79. The average Bonchev–Trinajstić information content (AvgIpc) is 2.48. The minimum absolute atomic E-state index is 0.0475. The zero-order chi connectivity index (χ0) is 17.9. The summed E-state index contributed by atoms with van der Waals surface area (Å²) in [6.45, 7) is 3.24. The minimum atomic E-state index is -4.97. The van der Waals surface area contributed by atoms with Crippen LogP contribution in [0.3, 0.4) is 0 Å². The van der Waals surface area contributed by atoms with Crippen molar-refractivity contribution in [3.63, 3.8) is 0 Å². The van der Waals surface area contributed by atoms with E-state index in [4.69, 9.17) is 4.74 Å². The number of hydrogen-bond acceptors (Lipinski definition) is 4. The molecule has 134 valence electrons. The molecule has 1 unspecified atom stereocenters. The zero-order valence-electron chi connectivity index (χ0n) is 13.5. The van der Waals surface area contributed by atoms with Crippen molar-refractivity contribution in [2.45, 2.75) is 71.1 Å². The van der Waals surface area contributed by atoms with Crippen molar-refractivity contribution in [1.29, 1.82) is 0 Å². The van der Waals surface area contributed by atoms with E-state index in [2.05, 4.69) is 0 Å². The second kappa shape index (κ2) is 11.0. The van der Waals surface area contributed by atoms with Crippen molar-refractivity contribution in [3.8, 4) is 0 Å². The van der Waals surface area contributed by atoms with Crippen LogP contribution in [0.25, 0.3) is 0 Å². The lowest BCUT2D eigenvalue weighted by Crippen LogP contribution is -2.42. The van der Waals surface area contributed by atoms with E-state index in [-0.39, 0.29) is 18.6 Å². The minimum Gasteiger partial charge on any atom is -0.460 e. The largest absolute Gasteiger partial charge is 0.471 e. The molecule has 0 radical (unpaired) electrons. The molecule has 0 fully saturated rings. The lowest BCUT2D eigenvalue weighted by molar-refractivity contribution is -0.174. The molecule has 0 aliphatic carbocycles. The molecule has 0 aromatic carbocycles. The number of nitrogens with one attached hydrogen (secondary N) is 1. The molecule has 0 rings (SSSR count). The van der Waals surface area contributed by atoms with Gasteiger partial charge >= 0.3 is 18.1 Å². The summed E-state index contributed by atoms with van der Waals surface area (Å²) in [7, 11) is 0. The standard InChI is InChI=1S/C15H24F3NO4/c1-3-5-6-7-12(10-19-14(22)15(16,17)18)23-13(21)9-8-11(20)4-2/h12H,3-10H2,1-2H3,(H,19,22). The topological polar surface area (TPSA) is 72.5 Å². The summed E-state index contributed by atoms with van der Waals surface area (Å²) in [6, 6.07) is 0. The van der Waals surface area contributed by atoms with Gasteiger partial charge < -0.3 is 10.1 Å². The fraction of sp³-hybridized carbons (Fsp3) is 0.800. The summed E-state index contributed by atoms with van der Waals surface area (Å²) >= 11 is 0. The highest BCUT2D eigenvalue weighted by atomic mass is 19.4. The number of hydrogen-bond donors (Lipinski definition) is 1. The number of halogens is 3. The Morgan fingerprint density at radius 2 is 1.74 bits per heavy atom. The van der Waals surface area contributed by atoms with Crippen LogP contribution in [0, 0.1) is 0 Å². The molecular formula is C15H24F3NO4. The molecule has 0 aromatic rings. The predicted molar refractivity (Wildman–Crippen MR) is 77.6 cm³/mol. The normalized spacial score (nSPS) is 12.6. The maximum atomic E-state index is 12.2. The van der Waals surface area contributed by atoms with E-state index in [0.29, 0.717) is 19.3 Å². The summed E-state index contributed by atoms with van der Waals surface area (Å²) in [5.74, 6) is -2.79. The van der Waals surface area contributed by atoms with Crippen LogP contribution in [0.5, 0.6) is 0 Å². The number of carbonyl (C=O) groups excluding carboxylic acids is 3. The summed E-state index contributed by atoms with van der Waals surface area (Å²) < 4.78 is 41.6. The van der Waals surface area contributed by atoms with Gasteiger partial charge in [-0.3, -0.25) is 14.4 Å². The Bertz CT molecular complexity index is 397. The van der Waals surface area contributed by atoms with Crippen LogP contribution in [0.15, 0.2) is 0 Å². The van der Waals surface area contributed by atoms with Gasteiger partial charge in [0.25, 0.3) is 0 Å². The van der Waals surface area contributed by atoms with Gasteiger partial charge in [0.2, 0.25) is 0 Å². The lowest BCUT2D eigenvalue weighted by atomic mass is 10.1. The molecule has 0 aliphatic heterocycles. The first-order valence-corrected chi connectivity index (χ1v) is 7.76. The van der Waals surface area contributed by atoms with Gasteiger partial charge in [-0.1, -0.05) is 26.7 Å². The van der Waals surface area contributed by atoms with Crippen LogP contribution >= 0.6 is 0 Å². The van der Waals surface area contributed by atoms with Crippen LogP contribution in [0.1, 0.15) is 58.8 Å². The van der Waals surface area contributed by atoms with Gasteiger partial charge in [0, 0.05) is 12.8 Å². The molecule has 0 saturated carbocycles. The van der Waals surface area contributed by atoms with Gasteiger partial charge in [-0.25, -0.2) is 0 Å². The maximum Gasteiger partial charge on any atom is 0.471 e. The monoisotopic (exact) mass is 339 g/mol. The van der Waals surface area contributed by atoms with Crippen molar-refractivity contribution in [1.82, 2.24) is 5.32 Å². The van der Waals surface area contributed by atoms with Gasteiger partial charge in [0.05, 0.1) is 13.0 Å². The molecule has 0 spiro atoms. The number of rotatable bonds is 11. The van der Waals surface area contributed by atoms with Gasteiger partial charge in [0.15, 0.2) is 0 Å². The summed E-state index contributed by atoms with van der Waals surface area (Å²) in [5.41, 5.74) is 0. The Morgan fingerprint density at radius 1 is 1.09 bits per heavy atom. The van der Waals surface area contributed by atoms with E-state index in [0.717, 1.165) is 12.8 Å². The molecule has 1 N–H and O–H groups in total. The highest BCUT2D eigenvalue weighted by molar-refractivity contribution is 5.83. The molecule has 0 aliphatic rings. The number of esters is 1. The lowest BCUT2D eigenvalue weighted by Gasteiger charge is -2.19. The second-order valence-corrected chi connectivity index (χ2v) is 5.21. The molecule has 5 nitrogen and oxygen atoms in total. The van der Waals surface area contributed by atoms with E-state index in [1.165, 1.54) is 0 Å². The van der Waals surface area contributed by atoms with Crippen molar-refractivity contribution in [2.75, 3.05) is 6.54 Å². The molecule has 23 heavy (non-hydrogen) atoms. The molecule has 0 saturated heterocycles. The molecular weight excluding hydrogens is 315 g/mol. The quantitative estimate of drug-likeness (QED) is 0.464. The number of ether oxygens (including phenoxy) is 1. The zero-order valence-corrected chi connectivity index (χ0v) is 13.5. The number of amides is 1. The van der Waals surface area contributed by atoms with Crippen LogP contribution in [-0.4, -0.2) is 36.5 Å². The van der Waals surface area contributed by atoms with E-state index in [9.17, 15) is 27.6 Å². The van der Waals surface area contributed by atoms with Crippen LogP contribution in [0.2, 0.25) is 0 Å². The van der Waals surface area contributed by atoms with Crippen molar-refractivity contribution < 1.29 is 32.3 Å². The summed E-state index contributed by atoms with van der Waals surface area (Å²) in [4.78, 5) is 33.6. The van der Waals surface area contributed by atoms with E-state index in [1.807, 2.05) is 6.92 Å². The molecule has 1 amide bonds. The number of unbranched alkanes of at least 4 members (excludes halogenated alkanes) is 2. The summed E-state index contributed by atoms with van der Waals surface area (Å²) in [5, 5.41) is 1.72. The van der Waals surface area contributed by atoms with Gasteiger partial charge in [-0.2, -0.15) is 13.2 Å². The Hall–Kier alpha value is -1.60. The van der Waals surface area contributed by atoms with Crippen molar-refractivity contribution in [3.05, 3.63) is 0 Å². The van der Waals surface area contributed by atoms with E-state index < -0.39 is 30.7 Å². The number of carbonyl (C=O) groups is 3. The second-order valence-electron chi connectivity index (χ2n) is 5.21. The summed E-state index contributed by atoms with van der Waals surface area (Å²) in [6.07, 6.45) is -2.76. The smallest absolute Gasteiger partial charge is 0.460 e. The third kappa shape index (κ3) is 10.7. The van der Waals surface area contributed by atoms with Crippen LogP contribution < -0.4 is 5.32 Å². The van der Waals surface area contributed by atoms with Crippen LogP contribution in [-0.2, 0) is 19.1 Å². The first-order valence-electron chi connectivity index (χ1n) is 7.76. The number of ketones is 1. The van der Waals surface area contributed by atoms with Crippen molar-refractivity contribution in [2.24, 2.45) is 0 Å². The predicted octanol–water partition coefficient (Wildman–Crippen LogP) is 2.92. The number of Topliss-reactive ketones (excluding diaryl/α,β-unsaturated/α-hetero) is 1. The molecule has 1 atom stereocenters. The molecule has 8 heteroatoms. The molecule has 0 aromatic heterocycles. The van der Waals surface area contributed by atoms with Crippen molar-refractivity contribution >= 4 is 17.7 Å². The third-order valence-corrected chi connectivity index (χ3v) is 3.18. The Labute approximate surface area is 133 Å². The molecule has 0 heterocycles. The Morgan fingerprint density at radius 3 is 2.26 bits per heavy atom. The number of alkyl halides is 3. The Kier molecular flexibility index (Phi) is 10.2. The Balaban J connectivity index is 4.41. The fourth-order valence-corrected chi connectivity index (χ4v) is 1.79. The maximum absolute atomic E-state index is 12.2. The van der Waals surface area contributed by atoms with Crippen LogP contribution in [0.4, 0.5) is 13.2 Å². The SMILES string of the molecule is CCCCCC(CNC(=O)C(F)(F)F)OC(=O)CCC(=O)CC. The van der Waals surface area contributed by atoms with E-state index >= 15 is 0 Å². The average molecular weight is 339 g/mol. The van der Waals surface area contributed by atoms with E-state index in [1.54, 1.807) is 12.2 Å². The third-order valence-electron chi connectivity index (χ3n) is 3.18. The highest BCUT2D eigenvalue weighted by Crippen LogP contribution is 2.15. The van der Waals surface area contributed by atoms with Gasteiger partial charge in [0.1, 0.15) is 11.9 Å². The first kappa shape index (κ1) is 21.4.